The first-order chi connectivity index (χ1) is 11.3. The summed E-state index contributed by atoms with van der Waals surface area (Å²) in [5.74, 6) is 0.252. The lowest BCUT2D eigenvalue weighted by Crippen LogP contribution is -1.97. The number of aliphatic hydroxyl groups is 1. The third-order valence-electron chi connectivity index (χ3n) is 3.51. The molecule has 1 aromatic heterocycles. The van der Waals surface area contributed by atoms with E-state index in [1.54, 1.807) is 12.3 Å². The predicted molar refractivity (Wildman–Crippen MR) is 86.3 cm³/mol. The van der Waals surface area contributed by atoms with E-state index >= 15 is 0 Å². The number of nitrogens with zero attached hydrogens (tertiary/aromatic N) is 1. The molecule has 0 saturated heterocycles. The van der Waals surface area contributed by atoms with Gasteiger partial charge in [0.15, 0.2) is 0 Å². The van der Waals surface area contributed by atoms with E-state index in [0.29, 0.717) is 23.5 Å². The standard InChI is InChI=1S/C19H16FNO2/c20-17-8-15(10-21-11-17)19-7-6-18(9-16(19)12-22)23-13-14-4-2-1-3-5-14/h1-11,22H,12-13H2. The van der Waals surface area contributed by atoms with Crippen molar-refractivity contribution in [3.63, 3.8) is 0 Å². The third-order valence-corrected chi connectivity index (χ3v) is 3.51. The van der Waals surface area contributed by atoms with Gasteiger partial charge in [-0.2, -0.15) is 0 Å². The zero-order valence-electron chi connectivity index (χ0n) is 12.4. The van der Waals surface area contributed by atoms with E-state index in [2.05, 4.69) is 4.98 Å². The van der Waals surface area contributed by atoms with Gasteiger partial charge >= 0.3 is 0 Å². The van der Waals surface area contributed by atoms with Crippen LogP contribution in [-0.2, 0) is 13.2 Å². The third kappa shape index (κ3) is 3.73. The minimum Gasteiger partial charge on any atom is -0.489 e. The number of hydrogen-bond donors (Lipinski definition) is 1. The van der Waals surface area contributed by atoms with Crippen LogP contribution >= 0.6 is 0 Å². The molecule has 0 saturated carbocycles. The maximum atomic E-state index is 13.3. The van der Waals surface area contributed by atoms with Gasteiger partial charge in [-0.1, -0.05) is 36.4 Å². The number of ether oxygens (including phenoxy) is 1. The van der Waals surface area contributed by atoms with Crippen LogP contribution < -0.4 is 4.74 Å². The monoisotopic (exact) mass is 309 g/mol. The molecule has 0 fully saturated rings. The number of hydrogen-bond acceptors (Lipinski definition) is 3. The van der Waals surface area contributed by atoms with Crippen LogP contribution in [0.2, 0.25) is 0 Å². The van der Waals surface area contributed by atoms with Gasteiger partial charge in [-0.25, -0.2) is 4.39 Å². The number of rotatable bonds is 5. The Hall–Kier alpha value is -2.72. The van der Waals surface area contributed by atoms with Crippen LogP contribution in [0, 0.1) is 5.82 Å². The Morgan fingerprint density at radius 3 is 2.57 bits per heavy atom. The highest BCUT2D eigenvalue weighted by molar-refractivity contribution is 5.67. The van der Waals surface area contributed by atoms with Gasteiger partial charge < -0.3 is 9.84 Å². The molecule has 1 N–H and O–H groups in total. The summed E-state index contributed by atoms with van der Waals surface area (Å²) in [7, 11) is 0. The average molecular weight is 309 g/mol. The molecule has 3 aromatic rings. The molecular formula is C19H16FNO2. The van der Waals surface area contributed by atoms with Crippen LogP contribution in [0.3, 0.4) is 0 Å². The number of aromatic nitrogens is 1. The van der Waals surface area contributed by atoms with Gasteiger partial charge in [0, 0.05) is 11.8 Å². The molecule has 3 nitrogen and oxygen atoms in total. The number of aliphatic hydroxyl groups excluding tert-OH is 1. The van der Waals surface area contributed by atoms with E-state index in [4.69, 9.17) is 4.74 Å². The zero-order chi connectivity index (χ0) is 16.1. The van der Waals surface area contributed by atoms with E-state index in [1.807, 2.05) is 42.5 Å². The zero-order valence-corrected chi connectivity index (χ0v) is 12.4. The number of pyridine rings is 1. The highest BCUT2D eigenvalue weighted by Crippen LogP contribution is 2.28. The van der Waals surface area contributed by atoms with E-state index in [-0.39, 0.29) is 6.61 Å². The lowest BCUT2D eigenvalue weighted by molar-refractivity contribution is 0.278. The summed E-state index contributed by atoms with van der Waals surface area (Å²) in [5.41, 5.74) is 3.11. The fourth-order valence-corrected chi connectivity index (χ4v) is 2.37. The maximum Gasteiger partial charge on any atom is 0.142 e. The van der Waals surface area contributed by atoms with E-state index in [9.17, 15) is 9.50 Å². The quantitative estimate of drug-likeness (QED) is 0.775. The van der Waals surface area contributed by atoms with Crippen molar-refractivity contribution >= 4 is 0 Å². The fraction of sp³-hybridized carbons (Fsp3) is 0.105. The van der Waals surface area contributed by atoms with Gasteiger partial charge in [0.1, 0.15) is 18.2 Å². The van der Waals surface area contributed by atoms with Gasteiger partial charge in [0.25, 0.3) is 0 Å². The van der Waals surface area contributed by atoms with Crippen LogP contribution in [0.4, 0.5) is 4.39 Å². The summed E-state index contributed by atoms with van der Waals surface area (Å²) in [6.07, 6.45) is 2.72. The molecule has 0 spiro atoms. The average Bonchev–Trinajstić information content (AvgIpc) is 2.60. The largest absolute Gasteiger partial charge is 0.489 e. The molecule has 0 aliphatic rings. The Morgan fingerprint density at radius 1 is 1.00 bits per heavy atom. The number of benzene rings is 2. The van der Waals surface area contributed by atoms with Crippen molar-refractivity contribution in [2.45, 2.75) is 13.2 Å². The van der Waals surface area contributed by atoms with Crippen molar-refractivity contribution in [2.75, 3.05) is 0 Å². The van der Waals surface area contributed by atoms with Crippen LogP contribution in [0.15, 0.2) is 67.0 Å². The predicted octanol–water partition coefficient (Wildman–Crippen LogP) is 3.96. The van der Waals surface area contributed by atoms with E-state index in [1.165, 1.54) is 6.07 Å². The summed E-state index contributed by atoms with van der Waals surface area (Å²) in [4.78, 5) is 3.85. The lowest BCUT2D eigenvalue weighted by atomic mass is 10.0. The normalized spacial score (nSPS) is 10.5. The van der Waals surface area contributed by atoms with Gasteiger partial charge in [-0.3, -0.25) is 4.98 Å². The van der Waals surface area contributed by atoms with Gasteiger partial charge in [-0.05, 0) is 34.9 Å². The first kappa shape index (κ1) is 15.2. The molecule has 0 amide bonds. The molecule has 2 aromatic carbocycles. The Morgan fingerprint density at radius 2 is 1.83 bits per heavy atom. The second-order valence-electron chi connectivity index (χ2n) is 5.14. The molecule has 0 atom stereocenters. The number of halogens is 1. The van der Waals surface area contributed by atoms with E-state index < -0.39 is 5.82 Å². The summed E-state index contributed by atoms with van der Waals surface area (Å²) in [5, 5.41) is 9.59. The summed E-state index contributed by atoms with van der Waals surface area (Å²) in [6.45, 7) is 0.293. The molecule has 0 aliphatic heterocycles. The maximum absolute atomic E-state index is 13.3. The minimum atomic E-state index is -0.407. The molecule has 3 rings (SSSR count). The highest BCUT2D eigenvalue weighted by atomic mass is 19.1. The van der Waals surface area contributed by atoms with Crippen LogP contribution in [-0.4, -0.2) is 10.1 Å². The second-order valence-corrected chi connectivity index (χ2v) is 5.14. The van der Waals surface area contributed by atoms with Crippen molar-refractivity contribution < 1.29 is 14.2 Å². The SMILES string of the molecule is OCc1cc(OCc2ccccc2)ccc1-c1cncc(F)c1. The first-order valence-electron chi connectivity index (χ1n) is 7.27. The van der Waals surface area contributed by atoms with Crippen LogP contribution in [0.25, 0.3) is 11.1 Å². The molecule has 116 valence electrons. The molecule has 0 bridgehead atoms. The van der Waals surface area contributed by atoms with Crippen molar-refractivity contribution in [1.82, 2.24) is 4.98 Å². The van der Waals surface area contributed by atoms with Gasteiger partial charge in [0.2, 0.25) is 0 Å². The molecule has 0 unspecified atom stereocenters. The summed E-state index contributed by atoms with van der Waals surface area (Å²) in [6, 6.07) is 16.6. The Kier molecular flexibility index (Phi) is 4.64. The minimum absolute atomic E-state index is 0.158. The highest BCUT2D eigenvalue weighted by Gasteiger charge is 2.08. The van der Waals surface area contributed by atoms with Crippen LogP contribution in [0.1, 0.15) is 11.1 Å². The van der Waals surface area contributed by atoms with Crippen molar-refractivity contribution in [1.29, 1.82) is 0 Å². The van der Waals surface area contributed by atoms with Gasteiger partial charge in [-0.15, -0.1) is 0 Å². The Balaban J connectivity index is 1.82. The van der Waals surface area contributed by atoms with Crippen molar-refractivity contribution in [3.05, 3.63) is 83.9 Å². The lowest BCUT2D eigenvalue weighted by Gasteiger charge is -2.11. The molecule has 23 heavy (non-hydrogen) atoms. The van der Waals surface area contributed by atoms with Gasteiger partial charge in [0.05, 0.1) is 12.8 Å². The Bertz CT molecular complexity index is 790. The molecule has 0 radical (unpaired) electrons. The first-order valence-corrected chi connectivity index (χ1v) is 7.27. The second kappa shape index (κ2) is 7.03. The summed E-state index contributed by atoms with van der Waals surface area (Å²) < 4.78 is 19.1. The van der Waals surface area contributed by atoms with E-state index in [0.717, 1.165) is 17.3 Å². The summed E-state index contributed by atoms with van der Waals surface area (Å²) >= 11 is 0. The molecule has 1 heterocycles. The molecule has 0 aliphatic carbocycles. The molecule has 4 heteroatoms. The smallest absolute Gasteiger partial charge is 0.142 e. The molecular weight excluding hydrogens is 293 g/mol. The van der Waals surface area contributed by atoms with Crippen LogP contribution in [0.5, 0.6) is 5.75 Å². The topological polar surface area (TPSA) is 42.4 Å². The Labute approximate surface area is 134 Å². The van der Waals surface area contributed by atoms with Crippen molar-refractivity contribution in [3.8, 4) is 16.9 Å². The van der Waals surface area contributed by atoms with Crippen molar-refractivity contribution in [2.24, 2.45) is 0 Å². The fourth-order valence-electron chi connectivity index (χ4n) is 2.37.